The van der Waals surface area contributed by atoms with Crippen molar-refractivity contribution in [3.8, 4) is 0 Å². The second-order valence-corrected chi connectivity index (χ2v) is 5.56. The van der Waals surface area contributed by atoms with Gasteiger partial charge in [0.25, 0.3) is 0 Å². The summed E-state index contributed by atoms with van der Waals surface area (Å²) in [6.07, 6.45) is 4.40. The van der Waals surface area contributed by atoms with Crippen LogP contribution in [-0.2, 0) is 4.79 Å². The Morgan fingerprint density at radius 3 is 2.86 bits per heavy atom. The van der Waals surface area contributed by atoms with Gasteiger partial charge in [0.15, 0.2) is 0 Å². The van der Waals surface area contributed by atoms with Crippen molar-refractivity contribution in [1.29, 1.82) is 0 Å². The van der Waals surface area contributed by atoms with Crippen LogP contribution in [0.5, 0.6) is 0 Å². The fraction of sp³-hybridized carbons (Fsp3) is 0.438. The number of aliphatic carboxylic acids is 1. The van der Waals surface area contributed by atoms with Crippen LogP contribution in [0.2, 0.25) is 0 Å². The molecule has 2 atom stereocenters. The summed E-state index contributed by atoms with van der Waals surface area (Å²) in [7, 11) is 0. The molecule has 0 bridgehead atoms. The third-order valence-electron chi connectivity index (χ3n) is 4.30. The highest BCUT2D eigenvalue weighted by molar-refractivity contribution is 5.80. The average Bonchev–Trinajstić information content (AvgIpc) is 2.53. The van der Waals surface area contributed by atoms with Crippen molar-refractivity contribution in [1.82, 2.24) is 9.97 Å². The number of fused-ring (bicyclic) bond motifs is 1. The number of carbonyl (C=O) groups is 1. The van der Waals surface area contributed by atoms with Gasteiger partial charge >= 0.3 is 5.97 Å². The van der Waals surface area contributed by atoms with Gasteiger partial charge in [-0.1, -0.05) is 25.5 Å². The predicted molar refractivity (Wildman–Crippen MR) is 81.3 cm³/mol. The second kappa shape index (κ2) is 5.68. The van der Waals surface area contributed by atoms with Crippen molar-refractivity contribution in [2.24, 2.45) is 5.92 Å². The molecule has 1 aliphatic heterocycles. The number of carboxylic acid groups (broad SMARTS) is 1. The highest BCUT2D eigenvalue weighted by Gasteiger charge is 2.33. The number of hydrogen-bond donors (Lipinski definition) is 1. The van der Waals surface area contributed by atoms with Crippen molar-refractivity contribution in [2.75, 3.05) is 11.4 Å². The first-order valence-corrected chi connectivity index (χ1v) is 7.40. The van der Waals surface area contributed by atoms with Crippen LogP contribution < -0.4 is 4.90 Å². The van der Waals surface area contributed by atoms with Gasteiger partial charge in [0.1, 0.15) is 11.9 Å². The fourth-order valence-electron chi connectivity index (χ4n) is 3.00. The first-order chi connectivity index (χ1) is 10.2. The van der Waals surface area contributed by atoms with E-state index >= 15 is 0 Å². The van der Waals surface area contributed by atoms with Crippen LogP contribution >= 0.6 is 0 Å². The molecule has 2 heterocycles. The van der Waals surface area contributed by atoms with E-state index in [1.54, 1.807) is 6.20 Å². The number of para-hydroxylation sites is 2. The van der Waals surface area contributed by atoms with E-state index in [1.807, 2.05) is 29.2 Å². The first kappa shape index (κ1) is 13.8. The molecule has 21 heavy (non-hydrogen) atoms. The van der Waals surface area contributed by atoms with Crippen LogP contribution in [0.15, 0.2) is 30.5 Å². The summed E-state index contributed by atoms with van der Waals surface area (Å²) in [5, 5.41) is 9.51. The number of anilines is 1. The van der Waals surface area contributed by atoms with Crippen molar-refractivity contribution in [2.45, 2.75) is 32.2 Å². The monoisotopic (exact) mass is 285 g/mol. The van der Waals surface area contributed by atoms with Gasteiger partial charge < -0.3 is 10.0 Å². The summed E-state index contributed by atoms with van der Waals surface area (Å²) in [6, 6.07) is 7.14. The Morgan fingerprint density at radius 2 is 2.14 bits per heavy atom. The Morgan fingerprint density at radius 1 is 1.38 bits per heavy atom. The number of nitrogens with zero attached hydrogens (tertiary/aromatic N) is 3. The molecular weight excluding hydrogens is 266 g/mol. The molecule has 1 aromatic heterocycles. The molecular formula is C16H19N3O2. The molecule has 3 rings (SSSR count). The maximum Gasteiger partial charge on any atom is 0.326 e. The topological polar surface area (TPSA) is 66.3 Å². The zero-order chi connectivity index (χ0) is 14.8. The van der Waals surface area contributed by atoms with Gasteiger partial charge in [0, 0.05) is 6.54 Å². The molecule has 0 spiro atoms. The van der Waals surface area contributed by atoms with E-state index in [1.165, 1.54) is 0 Å². The average molecular weight is 285 g/mol. The minimum atomic E-state index is -0.775. The van der Waals surface area contributed by atoms with Crippen LogP contribution in [0.3, 0.4) is 0 Å². The molecule has 5 nitrogen and oxygen atoms in total. The Balaban J connectivity index is 1.94. The number of hydrogen-bond acceptors (Lipinski definition) is 4. The van der Waals surface area contributed by atoms with Crippen LogP contribution in [0, 0.1) is 5.92 Å². The van der Waals surface area contributed by atoms with E-state index in [0.29, 0.717) is 18.2 Å². The van der Waals surface area contributed by atoms with Gasteiger partial charge in [-0.05, 0) is 30.9 Å². The van der Waals surface area contributed by atoms with Crippen LogP contribution in [0.25, 0.3) is 11.0 Å². The number of benzene rings is 1. The molecule has 1 N–H and O–H groups in total. The van der Waals surface area contributed by atoms with Gasteiger partial charge in [0.2, 0.25) is 0 Å². The molecule has 1 fully saturated rings. The zero-order valence-corrected chi connectivity index (χ0v) is 12.1. The Kier molecular flexibility index (Phi) is 3.73. The molecule has 1 aliphatic rings. The molecule has 110 valence electrons. The summed E-state index contributed by atoms with van der Waals surface area (Å²) >= 11 is 0. The van der Waals surface area contributed by atoms with E-state index < -0.39 is 12.0 Å². The van der Waals surface area contributed by atoms with Gasteiger partial charge in [-0.2, -0.15) is 0 Å². The summed E-state index contributed by atoms with van der Waals surface area (Å²) in [4.78, 5) is 22.4. The molecule has 0 saturated carbocycles. The molecule has 1 saturated heterocycles. The predicted octanol–water partition coefficient (Wildman–Crippen LogP) is 2.71. The number of piperidine rings is 1. The largest absolute Gasteiger partial charge is 0.480 e. The second-order valence-electron chi connectivity index (χ2n) is 5.56. The van der Waals surface area contributed by atoms with E-state index in [0.717, 1.165) is 30.4 Å². The Labute approximate surface area is 123 Å². The lowest BCUT2D eigenvalue weighted by atomic mass is 9.89. The molecule has 0 amide bonds. The zero-order valence-electron chi connectivity index (χ0n) is 12.1. The van der Waals surface area contributed by atoms with Crippen molar-refractivity contribution < 1.29 is 9.90 Å². The molecule has 1 aromatic carbocycles. The molecule has 5 heteroatoms. The number of carboxylic acids is 1. The van der Waals surface area contributed by atoms with E-state index in [-0.39, 0.29) is 0 Å². The van der Waals surface area contributed by atoms with Crippen molar-refractivity contribution in [3.63, 3.8) is 0 Å². The normalized spacial score (nSPS) is 22.4. The molecule has 2 unspecified atom stereocenters. The van der Waals surface area contributed by atoms with Gasteiger partial charge in [0.05, 0.1) is 17.2 Å². The highest BCUT2D eigenvalue weighted by atomic mass is 16.4. The SMILES string of the molecule is CCC1CCN(c2cnc3ccccc3n2)C(C(=O)O)C1. The minimum absolute atomic E-state index is 0.482. The van der Waals surface area contributed by atoms with Crippen LogP contribution in [0.1, 0.15) is 26.2 Å². The van der Waals surface area contributed by atoms with Gasteiger partial charge in [-0.25, -0.2) is 9.78 Å². The van der Waals surface area contributed by atoms with E-state index in [4.69, 9.17) is 0 Å². The summed E-state index contributed by atoms with van der Waals surface area (Å²) in [5.74, 6) is 0.370. The number of aromatic nitrogens is 2. The van der Waals surface area contributed by atoms with Crippen LogP contribution in [-0.4, -0.2) is 33.6 Å². The van der Waals surface area contributed by atoms with E-state index in [9.17, 15) is 9.90 Å². The lowest BCUT2D eigenvalue weighted by molar-refractivity contribution is -0.139. The molecule has 0 radical (unpaired) electrons. The summed E-state index contributed by atoms with van der Waals surface area (Å²) in [6.45, 7) is 2.84. The first-order valence-electron chi connectivity index (χ1n) is 7.40. The lowest BCUT2D eigenvalue weighted by Gasteiger charge is -2.37. The summed E-state index contributed by atoms with van der Waals surface area (Å²) < 4.78 is 0. The molecule has 2 aromatic rings. The number of rotatable bonds is 3. The third kappa shape index (κ3) is 2.68. The van der Waals surface area contributed by atoms with E-state index in [2.05, 4.69) is 16.9 Å². The standard InChI is InChI=1S/C16H19N3O2/c1-2-11-7-8-19(14(9-11)16(20)21)15-10-17-12-5-3-4-6-13(12)18-15/h3-6,10-11,14H,2,7-9H2,1H3,(H,20,21). The Bertz CT molecular complexity index is 659. The quantitative estimate of drug-likeness (QED) is 0.939. The highest BCUT2D eigenvalue weighted by Crippen LogP contribution is 2.29. The third-order valence-corrected chi connectivity index (χ3v) is 4.30. The maximum atomic E-state index is 11.6. The van der Waals surface area contributed by atoms with Gasteiger partial charge in [-0.15, -0.1) is 0 Å². The van der Waals surface area contributed by atoms with Crippen LogP contribution in [0.4, 0.5) is 5.82 Å². The molecule has 0 aliphatic carbocycles. The van der Waals surface area contributed by atoms with Gasteiger partial charge in [-0.3, -0.25) is 4.98 Å². The van der Waals surface area contributed by atoms with Crippen molar-refractivity contribution >= 4 is 22.8 Å². The summed E-state index contributed by atoms with van der Waals surface area (Å²) in [5.41, 5.74) is 1.63. The Hall–Kier alpha value is -2.17. The minimum Gasteiger partial charge on any atom is -0.480 e. The maximum absolute atomic E-state index is 11.6. The van der Waals surface area contributed by atoms with Crippen molar-refractivity contribution in [3.05, 3.63) is 30.5 Å². The smallest absolute Gasteiger partial charge is 0.326 e. The fourth-order valence-corrected chi connectivity index (χ4v) is 3.00. The lowest BCUT2D eigenvalue weighted by Crippen LogP contribution is -2.47.